The van der Waals surface area contributed by atoms with Gasteiger partial charge in [-0.15, -0.1) is 0 Å². The van der Waals surface area contributed by atoms with Crippen LogP contribution in [0.5, 0.6) is 0 Å². The van der Waals surface area contributed by atoms with Gasteiger partial charge in [0.25, 0.3) is 11.6 Å². The lowest BCUT2D eigenvalue weighted by Crippen LogP contribution is -2.39. The van der Waals surface area contributed by atoms with Crippen molar-refractivity contribution >= 4 is 28.9 Å². The molecule has 8 nitrogen and oxygen atoms in total. The van der Waals surface area contributed by atoms with Crippen molar-refractivity contribution in [3.8, 4) is 0 Å². The van der Waals surface area contributed by atoms with Crippen molar-refractivity contribution in [1.82, 2.24) is 4.90 Å². The Bertz CT molecular complexity index is 995. The second-order valence-electron chi connectivity index (χ2n) is 8.39. The zero-order valence-electron chi connectivity index (χ0n) is 18.0. The van der Waals surface area contributed by atoms with E-state index >= 15 is 0 Å². The minimum Gasteiger partial charge on any atom is -0.366 e. The number of carbonyl (C=O) groups is 2. The molecule has 2 aliphatic heterocycles. The van der Waals surface area contributed by atoms with Crippen molar-refractivity contribution in [2.45, 2.75) is 32.1 Å². The van der Waals surface area contributed by atoms with Gasteiger partial charge in [-0.05, 0) is 50.3 Å². The van der Waals surface area contributed by atoms with Gasteiger partial charge in [-0.25, -0.2) is 0 Å². The number of para-hydroxylation sites is 3. The summed E-state index contributed by atoms with van der Waals surface area (Å²) in [5, 5.41) is 14.3. The fourth-order valence-corrected chi connectivity index (χ4v) is 4.55. The summed E-state index contributed by atoms with van der Waals surface area (Å²) in [5.74, 6) is -0.343. The SMILES string of the molecule is O=C(Nc1ccccc1C(=O)N1CCCCC1)C1CCN(c2ccccc2[N+](=O)[O-])CC1. The predicted molar refractivity (Wildman–Crippen MR) is 123 cm³/mol. The zero-order chi connectivity index (χ0) is 22.5. The highest BCUT2D eigenvalue weighted by Gasteiger charge is 2.29. The van der Waals surface area contributed by atoms with Crippen molar-refractivity contribution in [3.05, 3.63) is 64.2 Å². The third-order valence-corrected chi connectivity index (χ3v) is 6.34. The topological polar surface area (TPSA) is 95.8 Å². The molecule has 0 bridgehead atoms. The molecule has 2 aliphatic rings. The van der Waals surface area contributed by atoms with E-state index in [0.29, 0.717) is 42.9 Å². The number of nitro benzene ring substituents is 1. The molecule has 0 atom stereocenters. The minimum absolute atomic E-state index is 0.0354. The average molecular weight is 437 g/mol. The van der Waals surface area contributed by atoms with Crippen LogP contribution in [-0.4, -0.2) is 47.8 Å². The number of anilines is 2. The van der Waals surface area contributed by atoms with E-state index in [0.717, 1.165) is 32.4 Å². The number of hydrogen-bond acceptors (Lipinski definition) is 5. The number of amides is 2. The molecular formula is C24H28N4O4. The van der Waals surface area contributed by atoms with E-state index in [1.54, 1.807) is 30.3 Å². The molecule has 4 rings (SSSR count). The summed E-state index contributed by atoms with van der Waals surface area (Å²) in [5.41, 5.74) is 1.75. The van der Waals surface area contributed by atoms with Crippen molar-refractivity contribution in [2.75, 3.05) is 36.4 Å². The van der Waals surface area contributed by atoms with Crippen LogP contribution < -0.4 is 10.2 Å². The number of likely N-dealkylation sites (tertiary alicyclic amines) is 1. The molecule has 2 amide bonds. The molecule has 2 heterocycles. The highest BCUT2D eigenvalue weighted by molar-refractivity contribution is 6.04. The third kappa shape index (κ3) is 4.74. The molecule has 2 aromatic carbocycles. The molecule has 0 radical (unpaired) electrons. The Morgan fingerprint density at radius 1 is 0.906 bits per heavy atom. The van der Waals surface area contributed by atoms with Crippen LogP contribution in [0.1, 0.15) is 42.5 Å². The first-order chi connectivity index (χ1) is 15.5. The van der Waals surface area contributed by atoms with Crippen molar-refractivity contribution in [1.29, 1.82) is 0 Å². The Morgan fingerprint density at radius 3 is 2.28 bits per heavy atom. The highest BCUT2D eigenvalue weighted by atomic mass is 16.6. The summed E-state index contributed by atoms with van der Waals surface area (Å²) in [6, 6.07) is 13.9. The highest BCUT2D eigenvalue weighted by Crippen LogP contribution is 2.31. The monoisotopic (exact) mass is 436 g/mol. The molecule has 168 valence electrons. The van der Waals surface area contributed by atoms with Crippen molar-refractivity contribution in [2.24, 2.45) is 5.92 Å². The molecule has 0 spiro atoms. The standard InChI is InChI=1S/C24H28N4O4/c29-23(18-12-16-26(17-13-18)21-10-4-5-11-22(21)28(31)32)25-20-9-3-2-8-19(20)24(30)27-14-6-1-7-15-27/h2-5,8-11,18H,1,6-7,12-17H2,(H,25,29). The van der Waals surface area contributed by atoms with E-state index in [-0.39, 0.29) is 28.3 Å². The number of benzene rings is 2. The molecule has 1 N–H and O–H groups in total. The lowest BCUT2D eigenvalue weighted by Gasteiger charge is -2.32. The summed E-state index contributed by atoms with van der Waals surface area (Å²) in [4.78, 5) is 40.7. The Balaban J connectivity index is 1.40. The number of hydrogen-bond donors (Lipinski definition) is 1. The number of carbonyl (C=O) groups excluding carboxylic acids is 2. The van der Waals surface area contributed by atoms with E-state index < -0.39 is 0 Å². The first-order valence-electron chi connectivity index (χ1n) is 11.2. The van der Waals surface area contributed by atoms with Crippen LogP contribution in [-0.2, 0) is 4.79 Å². The molecule has 0 unspecified atom stereocenters. The molecule has 0 aromatic heterocycles. The second-order valence-corrected chi connectivity index (χ2v) is 8.39. The molecule has 8 heteroatoms. The fourth-order valence-electron chi connectivity index (χ4n) is 4.55. The predicted octanol–water partition coefficient (Wildman–Crippen LogP) is 4.08. The second kappa shape index (κ2) is 9.80. The van der Waals surface area contributed by atoms with Crippen molar-refractivity contribution < 1.29 is 14.5 Å². The van der Waals surface area contributed by atoms with E-state index in [4.69, 9.17) is 0 Å². The van der Waals surface area contributed by atoms with Crippen LogP contribution in [0.25, 0.3) is 0 Å². The molecule has 0 aliphatic carbocycles. The fraction of sp³-hybridized carbons (Fsp3) is 0.417. The molecule has 2 saturated heterocycles. The summed E-state index contributed by atoms with van der Waals surface area (Å²) in [7, 11) is 0. The van der Waals surface area contributed by atoms with Crippen LogP contribution in [0, 0.1) is 16.0 Å². The third-order valence-electron chi connectivity index (χ3n) is 6.34. The van der Waals surface area contributed by atoms with Gasteiger partial charge >= 0.3 is 0 Å². The number of rotatable bonds is 5. The maximum Gasteiger partial charge on any atom is 0.292 e. The molecule has 2 fully saturated rings. The first-order valence-corrected chi connectivity index (χ1v) is 11.2. The lowest BCUT2D eigenvalue weighted by molar-refractivity contribution is -0.384. The number of nitro groups is 1. The molecule has 2 aromatic rings. The van der Waals surface area contributed by atoms with E-state index in [1.807, 2.05) is 21.9 Å². The van der Waals surface area contributed by atoms with E-state index in [1.165, 1.54) is 6.07 Å². The number of nitrogens with one attached hydrogen (secondary N) is 1. The Kier molecular flexibility index (Phi) is 6.68. The van der Waals surface area contributed by atoms with Gasteiger partial charge in [-0.3, -0.25) is 19.7 Å². The quantitative estimate of drug-likeness (QED) is 0.563. The van der Waals surface area contributed by atoms with Gasteiger partial charge in [0.2, 0.25) is 5.91 Å². The maximum absolute atomic E-state index is 13.0. The van der Waals surface area contributed by atoms with Crippen molar-refractivity contribution in [3.63, 3.8) is 0 Å². The Labute approximate surface area is 187 Å². The first kappa shape index (κ1) is 21.8. The maximum atomic E-state index is 13.0. The van der Waals surface area contributed by atoms with E-state index in [2.05, 4.69) is 5.32 Å². The van der Waals surface area contributed by atoms with Crippen LogP contribution in [0.4, 0.5) is 17.1 Å². The largest absolute Gasteiger partial charge is 0.366 e. The van der Waals surface area contributed by atoms with Crippen LogP contribution >= 0.6 is 0 Å². The molecule has 0 saturated carbocycles. The van der Waals surface area contributed by atoms with Gasteiger partial charge in [0.15, 0.2) is 0 Å². The number of piperidine rings is 2. The van der Waals surface area contributed by atoms with Gasteiger partial charge in [0.05, 0.1) is 16.2 Å². The average Bonchev–Trinajstić information content (AvgIpc) is 2.84. The zero-order valence-corrected chi connectivity index (χ0v) is 18.0. The van der Waals surface area contributed by atoms with Gasteiger partial charge in [-0.2, -0.15) is 0 Å². The summed E-state index contributed by atoms with van der Waals surface area (Å²) < 4.78 is 0. The van der Waals surface area contributed by atoms with Gasteiger partial charge in [0, 0.05) is 38.2 Å². The molecule has 32 heavy (non-hydrogen) atoms. The summed E-state index contributed by atoms with van der Waals surface area (Å²) in [6.45, 7) is 2.64. The lowest BCUT2D eigenvalue weighted by atomic mass is 9.95. The normalized spacial score (nSPS) is 17.1. The summed E-state index contributed by atoms with van der Waals surface area (Å²) >= 11 is 0. The van der Waals surface area contributed by atoms with Gasteiger partial charge in [0.1, 0.15) is 5.69 Å². The summed E-state index contributed by atoms with van der Waals surface area (Å²) in [6.07, 6.45) is 4.37. The Hall–Kier alpha value is -3.42. The van der Waals surface area contributed by atoms with Gasteiger partial charge in [-0.1, -0.05) is 24.3 Å². The minimum atomic E-state index is -0.371. The number of nitrogens with zero attached hydrogens (tertiary/aromatic N) is 3. The van der Waals surface area contributed by atoms with Crippen LogP contribution in [0.3, 0.4) is 0 Å². The van der Waals surface area contributed by atoms with E-state index in [9.17, 15) is 19.7 Å². The van der Waals surface area contributed by atoms with Crippen LogP contribution in [0.2, 0.25) is 0 Å². The smallest absolute Gasteiger partial charge is 0.292 e. The van der Waals surface area contributed by atoms with Crippen LogP contribution in [0.15, 0.2) is 48.5 Å². The molecular weight excluding hydrogens is 408 g/mol. The van der Waals surface area contributed by atoms with Gasteiger partial charge < -0.3 is 15.1 Å². The Morgan fingerprint density at radius 2 is 1.56 bits per heavy atom.